The summed E-state index contributed by atoms with van der Waals surface area (Å²) in [6.07, 6.45) is 5.24. The van der Waals surface area contributed by atoms with Crippen LogP contribution in [0.15, 0.2) is 23.1 Å². The van der Waals surface area contributed by atoms with Gasteiger partial charge in [-0.05, 0) is 43.2 Å². The van der Waals surface area contributed by atoms with Gasteiger partial charge >= 0.3 is 0 Å². The molecular formula is C18H27N3O2. The molecule has 1 N–H and O–H groups in total. The smallest absolute Gasteiger partial charge is 0.260 e. The highest BCUT2D eigenvalue weighted by molar-refractivity contribution is 5.93. The lowest BCUT2D eigenvalue weighted by molar-refractivity contribution is 0.0702. The van der Waals surface area contributed by atoms with Crippen molar-refractivity contribution < 1.29 is 4.79 Å². The number of nitrogens with one attached hydrogen (secondary N) is 1. The first-order chi connectivity index (χ1) is 11.1. The Morgan fingerprint density at radius 3 is 2.78 bits per heavy atom. The average Bonchev–Trinajstić information content (AvgIpc) is 3.34. The number of aromatic nitrogens is 1. The number of hydrogen-bond donors (Lipinski definition) is 1. The van der Waals surface area contributed by atoms with Crippen LogP contribution in [0.3, 0.4) is 0 Å². The fourth-order valence-corrected chi connectivity index (χ4v) is 3.50. The molecule has 1 aromatic heterocycles. The van der Waals surface area contributed by atoms with Gasteiger partial charge < -0.3 is 9.88 Å². The Hall–Kier alpha value is -1.62. The van der Waals surface area contributed by atoms with Crippen LogP contribution in [0.1, 0.15) is 43.5 Å². The van der Waals surface area contributed by atoms with Gasteiger partial charge in [0.15, 0.2) is 0 Å². The summed E-state index contributed by atoms with van der Waals surface area (Å²) in [5.41, 5.74) is -0.0386. The molecule has 1 saturated carbocycles. The van der Waals surface area contributed by atoms with Crippen molar-refractivity contribution in [3.63, 3.8) is 0 Å². The number of rotatable bonds is 4. The van der Waals surface area contributed by atoms with Gasteiger partial charge in [0.05, 0.1) is 0 Å². The highest BCUT2D eigenvalue weighted by atomic mass is 16.2. The van der Waals surface area contributed by atoms with Crippen molar-refractivity contribution in [2.75, 3.05) is 26.2 Å². The van der Waals surface area contributed by atoms with Gasteiger partial charge in [-0.2, -0.15) is 0 Å². The molecule has 0 radical (unpaired) electrons. The van der Waals surface area contributed by atoms with E-state index in [0.29, 0.717) is 12.0 Å². The summed E-state index contributed by atoms with van der Waals surface area (Å²) in [4.78, 5) is 31.7. The van der Waals surface area contributed by atoms with Crippen LogP contribution in [0, 0.1) is 11.8 Å². The van der Waals surface area contributed by atoms with Gasteiger partial charge in [0.25, 0.3) is 11.5 Å². The van der Waals surface area contributed by atoms with Crippen molar-refractivity contribution in [2.45, 2.75) is 39.2 Å². The lowest BCUT2D eigenvalue weighted by Crippen LogP contribution is -2.47. The van der Waals surface area contributed by atoms with Crippen LogP contribution in [0.2, 0.25) is 0 Å². The van der Waals surface area contributed by atoms with Gasteiger partial charge in [0.2, 0.25) is 0 Å². The number of carbonyl (C=O) groups is 1. The molecule has 0 unspecified atom stereocenters. The summed E-state index contributed by atoms with van der Waals surface area (Å²) in [7, 11) is 0. The second-order valence-corrected chi connectivity index (χ2v) is 7.27. The third-order valence-electron chi connectivity index (χ3n) is 5.04. The third kappa shape index (κ3) is 3.83. The molecule has 1 aliphatic carbocycles. The molecule has 5 heteroatoms. The lowest BCUT2D eigenvalue weighted by atomic mass is 10.0. The van der Waals surface area contributed by atoms with E-state index in [-0.39, 0.29) is 17.0 Å². The fourth-order valence-electron chi connectivity index (χ4n) is 3.50. The van der Waals surface area contributed by atoms with Crippen molar-refractivity contribution >= 4 is 5.91 Å². The molecule has 1 atom stereocenters. The Balaban J connectivity index is 1.76. The van der Waals surface area contributed by atoms with Crippen molar-refractivity contribution in [2.24, 2.45) is 11.8 Å². The van der Waals surface area contributed by atoms with Gasteiger partial charge in [-0.1, -0.05) is 13.8 Å². The van der Waals surface area contributed by atoms with Gasteiger partial charge in [-0.25, -0.2) is 0 Å². The second-order valence-electron chi connectivity index (χ2n) is 7.27. The number of aromatic amines is 1. The Morgan fingerprint density at radius 1 is 1.35 bits per heavy atom. The maximum Gasteiger partial charge on any atom is 0.260 e. The minimum Gasteiger partial charge on any atom is -0.337 e. The van der Waals surface area contributed by atoms with E-state index in [1.54, 1.807) is 18.3 Å². The summed E-state index contributed by atoms with van der Waals surface area (Å²) in [6.45, 7) is 8.13. The average molecular weight is 317 g/mol. The van der Waals surface area contributed by atoms with Gasteiger partial charge in [0, 0.05) is 38.4 Å². The monoisotopic (exact) mass is 317 g/mol. The lowest BCUT2D eigenvalue weighted by Gasteiger charge is -2.34. The van der Waals surface area contributed by atoms with Crippen LogP contribution in [0.5, 0.6) is 0 Å². The molecule has 1 saturated heterocycles. The van der Waals surface area contributed by atoms with E-state index in [4.69, 9.17) is 0 Å². The molecule has 0 bridgehead atoms. The zero-order valence-corrected chi connectivity index (χ0v) is 14.1. The fraction of sp³-hybridized carbons (Fsp3) is 0.667. The molecule has 1 aromatic rings. The molecule has 0 aromatic carbocycles. The maximum atomic E-state index is 12.8. The second kappa shape index (κ2) is 6.87. The Labute approximate surface area is 137 Å². The van der Waals surface area contributed by atoms with E-state index in [2.05, 4.69) is 23.7 Å². The van der Waals surface area contributed by atoms with Crippen LogP contribution in [0.4, 0.5) is 0 Å². The minimum absolute atomic E-state index is 0.134. The number of hydrogen-bond acceptors (Lipinski definition) is 3. The van der Waals surface area contributed by atoms with Crippen molar-refractivity contribution in [3.05, 3.63) is 34.2 Å². The van der Waals surface area contributed by atoms with E-state index < -0.39 is 0 Å². The highest BCUT2D eigenvalue weighted by Crippen LogP contribution is 2.31. The van der Waals surface area contributed by atoms with E-state index in [9.17, 15) is 9.59 Å². The molecule has 2 heterocycles. The first-order valence-electron chi connectivity index (χ1n) is 8.77. The zero-order valence-electron chi connectivity index (χ0n) is 14.1. The highest BCUT2D eigenvalue weighted by Gasteiger charge is 2.33. The van der Waals surface area contributed by atoms with Crippen molar-refractivity contribution in [1.82, 2.24) is 14.8 Å². The summed E-state index contributed by atoms with van der Waals surface area (Å²) >= 11 is 0. The number of carbonyl (C=O) groups excluding carboxylic acids is 1. The van der Waals surface area contributed by atoms with Crippen molar-refractivity contribution in [3.8, 4) is 0 Å². The van der Waals surface area contributed by atoms with Gasteiger partial charge in [0.1, 0.15) is 5.56 Å². The molecule has 0 spiro atoms. The molecule has 2 fully saturated rings. The zero-order chi connectivity index (χ0) is 16.4. The molecule has 23 heavy (non-hydrogen) atoms. The maximum absolute atomic E-state index is 12.8. The van der Waals surface area contributed by atoms with Crippen molar-refractivity contribution in [1.29, 1.82) is 0 Å². The largest absolute Gasteiger partial charge is 0.337 e. The topological polar surface area (TPSA) is 56.4 Å². The standard InChI is InChI=1S/C18H27N3O2/c1-13(2)16-12-21(10-4-9-20(16)11-14-6-7-14)18(23)15-5-3-8-19-17(15)22/h3,5,8,13-14,16H,4,6-7,9-12H2,1-2H3,(H,19,22)/t16-/m0/s1. The number of amides is 1. The van der Waals surface area contributed by atoms with E-state index >= 15 is 0 Å². The first kappa shape index (κ1) is 16.2. The van der Waals surface area contributed by atoms with Crippen LogP contribution in [-0.2, 0) is 0 Å². The van der Waals surface area contributed by atoms with E-state index in [0.717, 1.165) is 38.5 Å². The molecule has 2 aliphatic rings. The van der Waals surface area contributed by atoms with Gasteiger partial charge in [-0.3, -0.25) is 14.5 Å². The van der Waals surface area contributed by atoms with E-state index in [1.165, 1.54) is 12.8 Å². The number of H-pyrrole nitrogens is 1. The Morgan fingerprint density at radius 2 is 2.13 bits per heavy atom. The summed E-state index contributed by atoms with van der Waals surface area (Å²) in [5.74, 6) is 1.22. The summed E-state index contributed by atoms with van der Waals surface area (Å²) < 4.78 is 0. The van der Waals surface area contributed by atoms with Crippen LogP contribution >= 0.6 is 0 Å². The molecule has 1 amide bonds. The Bertz CT molecular complexity index is 606. The molecule has 5 nitrogen and oxygen atoms in total. The normalized spacial score (nSPS) is 23.1. The quantitative estimate of drug-likeness (QED) is 0.923. The molecule has 3 rings (SSSR count). The predicted molar refractivity (Wildman–Crippen MR) is 90.5 cm³/mol. The molecular weight excluding hydrogens is 290 g/mol. The minimum atomic E-state index is -0.294. The predicted octanol–water partition coefficient (Wildman–Crippen LogP) is 1.96. The third-order valence-corrected chi connectivity index (χ3v) is 5.04. The van der Waals surface area contributed by atoms with Crippen LogP contribution < -0.4 is 5.56 Å². The van der Waals surface area contributed by atoms with Crippen LogP contribution in [0.25, 0.3) is 0 Å². The Kier molecular flexibility index (Phi) is 4.85. The SMILES string of the molecule is CC(C)[C@@H]1CN(C(=O)c2ccc[nH]c2=O)CCCN1CC1CC1. The van der Waals surface area contributed by atoms with E-state index in [1.807, 2.05) is 4.90 Å². The first-order valence-corrected chi connectivity index (χ1v) is 8.77. The number of nitrogens with zero attached hydrogens (tertiary/aromatic N) is 2. The summed E-state index contributed by atoms with van der Waals surface area (Å²) in [5, 5.41) is 0. The molecule has 1 aliphatic heterocycles. The molecule has 126 valence electrons. The summed E-state index contributed by atoms with van der Waals surface area (Å²) in [6, 6.07) is 3.72. The van der Waals surface area contributed by atoms with Gasteiger partial charge in [-0.15, -0.1) is 0 Å². The number of pyridine rings is 1. The van der Waals surface area contributed by atoms with Crippen LogP contribution in [-0.4, -0.2) is 52.9 Å².